The number of rotatable bonds is 0. The minimum Gasteiger partial charge on any atom is -0.399 e. The normalized spacial score (nSPS) is 10.4. The van der Waals surface area contributed by atoms with Crippen molar-refractivity contribution >= 4 is 22.1 Å². The lowest BCUT2D eigenvalue weighted by atomic mass is 10.1. The molecule has 2 nitrogen and oxygen atoms in total. The van der Waals surface area contributed by atoms with E-state index in [9.17, 15) is 0 Å². The Morgan fingerprint density at radius 3 is 2.50 bits per heavy atom. The molecule has 2 heteroatoms. The Morgan fingerprint density at radius 2 is 1.67 bits per heavy atom. The lowest BCUT2D eigenvalue weighted by Gasteiger charge is -1.98. The van der Waals surface area contributed by atoms with Gasteiger partial charge in [0.2, 0.25) is 0 Å². The van der Waals surface area contributed by atoms with Crippen molar-refractivity contribution in [1.29, 1.82) is 0 Å². The molecule has 2 rings (SSSR count). The molecule has 0 saturated carbocycles. The summed E-state index contributed by atoms with van der Waals surface area (Å²) in [7, 11) is 0. The predicted molar refractivity (Wildman–Crippen MR) is 50.9 cm³/mol. The van der Waals surface area contributed by atoms with Crippen molar-refractivity contribution in [1.82, 2.24) is 0 Å². The van der Waals surface area contributed by atoms with Crippen LogP contribution in [0.25, 0.3) is 10.8 Å². The second kappa shape index (κ2) is 2.50. The van der Waals surface area contributed by atoms with Crippen molar-refractivity contribution in [2.24, 2.45) is 0 Å². The molecule has 2 aromatic rings. The van der Waals surface area contributed by atoms with Gasteiger partial charge in [-0.3, -0.25) is 0 Å². The number of hydrogen-bond acceptors (Lipinski definition) is 1. The highest BCUT2D eigenvalue weighted by Gasteiger charge is 1.95. The van der Waals surface area contributed by atoms with E-state index in [1.807, 2.05) is 30.3 Å². The largest absolute Gasteiger partial charge is 0.399 e. The zero-order chi connectivity index (χ0) is 8.55. The molecule has 2 aromatic carbocycles. The van der Waals surface area contributed by atoms with Gasteiger partial charge >= 0.3 is 0 Å². The molecule has 0 atom stereocenters. The van der Waals surface area contributed by atoms with Gasteiger partial charge in [0.25, 0.3) is 0 Å². The number of anilines is 1. The second-order valence-electron chi connectivity index (χ2n) is 2.94. The van der Waals surface area contributed by atoms with Crippen molar-refractivity contribution < 1.29 is 5.73 Å². The Morgan fingerprint density at radius 1 is 0.917 bits per heavy atom. The van der Waals surface area contributed by atoms with Crippen LogP contribution in [0.3, 0.4) is 0 Å². The number of benzene rings is 2. The van der Waals surface area contributed by atoms with E-state index in [4.69, 9.17) is 5.73 Å². The van der Waals surface area contributed by atoms with Crippen LogP contribution in [0.1, 0.15) is 0 Å². The highest BCUT2D eigenvalue weighted by atomic mass is 14.6. The summed E-state index contributed by atoms with van der Waals surface area (Å²) in [6, 6.07) is 12.0. The number of nitrogens with two attached hydrogens (primary N) is 1. The highest BCUT2D eigenvalue weighted by molar-refractivity contribution is 5.87. The lowest BCUT2D eigenvalue weighted by molar-refractivity contribution is -0.254. The molecule has 0 fully saturated rings. The molecular formula is C10H11N2+. The van der Waals surface area contributed by atoms with Crippen molar-refractivity contribution in [3.8, 4) is 0 Å². The average Bonchev–Trinajstić information content (AvgIpc) is 2.03. The first kappa shape index (κ1) is 7.13. The smallest absolute Gasteiger partial charge is 0.128 e. The molecule has 0 heterocycles. The van der Waals surface area contributed by atoms with E-state index >= 15 is 0 Å². The molecule has 0 bridgehead atoms. The highest BCUT2D eigenvalue weighted by Crippen LogP contribution is 2.18. The molecule has 0 aliphatic carbocycles. The number of hydrogen-bond donors (Lipinski definition) is 2. The Labute approximate surface area is 70.8 Å². The molecule has 60 valence electrons. The Balaban J connectivity index is 2.80. The average molecular weight is 159 g/mol. The Hall–Kier alpha value is -1.54. The van der Waals surface area contributed by atoms with Gasteiger partial charge < -0.3 is 11.5 Å². The number of fused-ring (bicyclic) bond motifs is 1. The summed E-state index contributed by atoms with van der Waals surface area (Å²) in [5.74, 6) is 0. The van der Waals surface area contributed by atoms with E-state index in [1.54, 1.807) is 0 Å². The molecule has 0 radical (unpaired) electrons. The second-order valence-corrected chi connectivity index (χ2v) is 2.94. The first-order chi connectivity index (χ1) is 5.75. The zero-order valence-electron chi connectivity index (χ0n) is 6.75. The molecule has 0 aromatic heterocycles. The van der Waals surface area contributed by atoms with Crippen LogP contribution in [-0.2, 0) is 0 Å². The monoisotopic (exact) mass is 159 g/mol. The van der Waals surface area contributed by atoms with Gasteiger partial charge in [-0.25, -0.2) is 0 Å². The fourth-order valence-corrected chi connectivity index (χ4v) is 1.31. The number of nitrogen functional groups attached to an aromatic ring is 1. The summed E-state index contributed by atoms with van der Waals surface area (Å²) in [5.41, 5.74) is 11.3. The fourth-order valence-electron chi connectivity index (χ4n) is 1.31. The van der Waals surface area contributed by atoms with Crippen LogP contribution in [0.5, 0.6) is 0 Å². The molecule has 0 amide bonds. The van der Waals surface area contributed by atoms with Crippen molar-refractivity contribution in [2.45, 2.75) is 0 Å². The minimum absolute atomic E-state index is 0.799. The van der Waals surface area contributed by atoms with Gasteiger partial charge in [-0.05, 0) is 35.0 Å². The Bertz CT molecular complexity index is 384. The molecule has 0 unspecified atom stereocenters. The van der Waals surface area contributed by atoms with E-state index in [1.165, 1.54) is 5.39 Å². The summed E-state index contributed by atoms with van der Waals surface area (Å²) in [6.45, 7) is 0. The van der Waals surface area contributed by atoms with Gasteiger partial charge in [0.1, 0.15) is 5.69 Å². The van der Waals surface area contributed by atoms with Gasteiger partial charge in [0.15, 0.2) is 0 Å². The maximum Gasteiger partial charge on any atom is 0.128 e. The third-order valence-electron chi connectivity index (χ3n) is 1.93. The van der Waals surface area contributed by atoms with Gasteiger partial charge in [0.05, 0.1) is 0 Å². The summed E-state index contributed by atoms with van der Waals surface area (Å²) in [6.07, 6.45) is 0. The van der Waals surface area contributed by atoms with Crippen LogP contribution in [0.2, 0.25) is 0 Å². The summed E-state index contributed by atoms with van der Waals surface area (Å²) >= 11 is 0. The molecule has 0 saturated heterocycles. The van der Waals surface area contributed by atoms with Crippen molar-refractivity contribution in [3.63, 3.8) is 0 Å². The van der Waals surface area contributed by atoms with Crippen molar-refractivity contribution in [3.05, 3.63) is 36.4 Å². The summed E-state index contributed by atoms with van der Waals surface area (Å²) in [4.78, 5) is 0. The molecule has 5 N–H and O–H groups in total. The lowest BCUT2D eigenvalue weighted by Crippen LogP contribution is -2.39. The van der Waals surface area contributed by atoms with E-state index in [2.05, 4.69) is 11.8 Å². The minimum atomic E-state index is 0.799. The SMILES string of the molecule is Nc1ccc2ccc([NH3+])cc2c1. The van der Waals surface area contributed by atoms with Crippen LogP contribution < -0.4 is 11.5 Å². The van der Waals surface area contributed by atoms with E-state index < -0.39 is 0 Å². The predicted octanol–water partition coefficient (Wildman–Crippen LogP) is 1.30. The third kappa shape index (κ3) is 1.12. The maximum atomic E-state index is 5.65. The third-order valence-corrected chi connectivity index (χ3v) is 1.93. The molecule has 12 heavy (non-hydrogen) atoms. The first-order valence-electron chi connectivity index (χ1n) is 3.87. The Kier molecular flexibility index (Phi) is 1.48. The zero-order valence-corrected chi connectivity index (χ0v) is 6.75. The fraction of sp³-hybridized carbons (Fsp3) is 0. The maximum absolute atomic E-state index is 5.65. The van der Waals surface area contributed by atoms with E-state index in [0.29, 0.717) is 0 Å². The van der Waals surface area contributed by atoms with Crippen LogP contribution in [0.4, 0.5) is 11.4 Å². The van der Waals surface area contributed by atoms with Crippen LogP contribution >= 0.6 is 0 Å². The van der Waals surface area contributed by atoms with Crippen LogP contribution in [-0.4, -0.2) is 0 Å². The molecule has 0 aliphatic rings. The van der Waals surface area contributed by atoms with Gasteiger partial charge in [-0.1, -0.05) is 6.07 Å². The quantitative estimate of drug-likeness (QED) is 0.559. The van der Waals surface area contributed by atoms with Crippen LogP contribution in [0.15, 0.2) is 36.4 Å². The van der Waals surface area contributed by atoms with Gasteiger partial charge in [-0.15, -0.1) is 0 Å². The molecular weight excluding hydrogens is 148 g/mol. The van der Waals surface area contributed by atoms with E-state index in [0.717, 1.165) is 16.8 Å². The number of quaternary nitrogens is 1. The topological polar surface area (TPSA) is 53.7 Å². The van der Waals surface area contributed by atoms with Crippen LogP contribution in [0, 0.1) is 0 Å². The summed E-state index contributed by atoms with van der Waals surface area (Å²) in [5, 5.41) is 2.36. The molecule has 0 aliphatic heterocycles. The van der Waals surface area contributed by atoms with Gasteiger partial charge in [0, 0.05) is 11.8 Å². The summed E-state index contributed by atoms with van der Waals surface area (Å²) < 4.78 is 0. The van der Waals surface area contributed by atoms with Crippen molar-refractivity contribution in [2.75, 3.05) is 5.73 Å². The first-order valence-corrected chi connectivity index (χ1v) is 3.87. The van der Waals surface area contributed by atoms with Gasteiger partial charge in [-0.2, -0.15) is 0 Å². The standard InChI is InChI=1S/C10H10N2/c11-9-3-1-7-2-4-10(12)6-8(7)5-9/h1-6H,11-12H2/p+1. The molecule has 0 spiro atoms. The van der Waals surface area contributed by atoms with E-state index in [-0.39, 0.29) is 0 Å².